The van der Waals surface area contributed by atoms with Gasteiger partial charge in [-0.25, -0.2) is 33.7 Å². The van der Waals surface area contributed by atoms with Crippen LogP contribution in [0.3, 0.4) is 0 Å². The Labute approximate surface area is 427 Å². The molecule has 0 bridgehead atoms. The van der Waals surface area contributed by atoms with Crippen molar-refractivity contribution in [1.29, 1.82) is 0 Å². The number of sulfonamides is 4. The zero-order chi connectivity index (χ0) is 52.0. The van der Waals surface area contributed by atoms with E-state index in [2.05, 4.69) is 38.5 Å². The van der Waals surface area contributed by atoms with Crippen LogP contribution >= 0.6 is 0 Å². The minimum atomic E-state index is -3.41. The van der Waals surface area contributed by atoms with Gasteiger partial charge in [0.25, 0.3) is 0 Å². The van der Waals surface area contributed by atoms with E-state index in [1.165, 1.54) is 0 Å². The van der Waals surface area contributed by atoms with E-state index in [-0.39, 0.29) is 0 Å². The van der Waals surface area contributed by atoms with Gasteiger partial charge in [-0.05, 0) is 162 Å². The van der Waals surface area contributed by atoms with Crippen molar-refractivity contribution in [2.45, 2.75) is 25.7 Å². The second kappa shape index (κ2) is 28.4. The van der Waals surface area contributed by atoms with Gasteiger partial charge in [0.2, 0.25) is 40.1 Å². The lowest BCUT2D eigenvalue weighted by atomic mass is 10.2. The number of ether oxygens (including phenoxy) is 4. The standard InChI is InChI=1S/C48H72N8O12S4/c1-69(57,58)49-41-9-17-45(18-10-41)65-37-33-53-25-5-6-26-55(35-39-67-47-21-13-43(14-22-47)51-71(3,61)62)31-32-56(36-40-68-48-23-15-44(16-24-48)52-72(4,63)64)30-8-29-54(28-7-27-53)34-38-66-46-19-11-42(12-20-46)50-70(2,59)60/h9-24,49-52H,5-8,25-40H2,1-4H3. The summed E-state index contributed by atoms with van der Waals surface area (Å²) < 4.78 is 128. The molecule has 1 aliphatic rings. The Hall–Kier alpha value is -5.08. The highest BCUT2D eigenvalue weighted by atomic mass is 32.2. The summed E-state index contributed by atoms with van der Waals surface area (Å²) in [6.07, 6.45) is 8.11. The number of anilines is 4. The largest absolute Gasteiger partial charge is 0.492 e. The number of benzene rings is 4. The van der Waals surface area contributed by atoms with Gasteiger partial charge in [-0.15, -0.1) is 0 Å². The lowest BCUT2D eigenvalue weighted by Gasteiger charge is -2.30. The van der Waals surface area contributed by atoms with Crippen LogP contribution in [0.15, 0.2) is 97.1 Å². The van der Waals surface area contributed by atoms with Crippen LogP contribution in [0.5, 0.6) is 23.0 Å². The summed E-state index contributed by atoms with van der Waals surface area (Å²) in [4.78, 5) is 9.67. The molecule has 0 aromatic heterocycles. The normalized spacial score (nSPS) is 16.1. The van der Waals surface area contributed by atoms with Gasteiger partial charge in [-0.2, -0.15) is 0 Å². The Bertz CT molecular complexity index is 2690. The first-order valence-electron chi connectivity index (χ1n) is 23.8. The molecule has 0 spiro atoms. The molecular weight excluding hydrogens is 1010 g/mol. The summed E-state index contributed by atoms with van der Waals surface area (Å²) in [5, 5.41) is 0. The van der Waals surface area contributed by atoms with Crippen molar-refractivity contribution in [3.8, 4) is 23.0 Å². The molecule has 24 heteroatoms. The maximum absolute atomic E-state index is 11.7. The molecule has 20 nitrogen and oxygen atoms in total. The van der Waals surface area contributed by atoms with E-state index in [1.807, 2.05) is 0 Å². The number of rotatable bonds is 24. The SMILES string of the molecule is CS(=O)(=O)Nc1ccc(OCCN2CCCCN(CCOc3ccc(NS(C)(=O)=O)cc3)CCN(CCOc3ccc(NS(C)(=O)=O)cc3)CCCN(CCOc3ccc(NS(C)(=O)=O)cc3)CCC2)cc1. The minimum absolute atomic E-state index is 0.424. The molecule has 400 valence electrons. The zero-order valence-electron chi connectivity index (χ0n) is 41.7. The summed E-state index contributed by atoms with van der Waals surface area (Å²) in [6, 6.07) is 27.4. The Morgan fingerprint density at radius 1 is 0.319 bits per heavy atom. The molecule has 0 saturated carbocycles. The average Bonchev–Trinajstić information content (AvgIpc) is 3.28. The topological polar surface area (TPSA) is 235 Å². The predicted octanol–water partition coefficient (Wildman–Crippen LogP) is 4.57. The van der Waals surface area contributed by atoms with Crippen molar-refractivity contribution in [2.75, 3.05) is 149 Å². The molecule has 1 heterocycles. The van der Waals surface area contributed by atoms with E-state index in [4.69, 9.17) is 18.9 Å². The third-order valence-electron chi connectivity index (χ3n) is 11.2. The van der Waals surface area contributed by atoms with Crippen molar-refractivity contribution in [2.24, 2.45) is 0 Å². The van der Waals surface area contributed by atoms with Crippen molar-refractivity contribution < 1.29 is 52.6 Å². The highest BCUT2D eigenvalue weighted by Gasteiger charge is 2.16. The van der Waals surface area contributed by atoms with Gasteiger partial charge < -0.3 is 18.9 Å². The van der Waals surface area contributed by atoms with Crippen LogP contribution in [0.1, 0.15) is 25.7 Å². The highest BCUT2D eigenvalue weighted by Crippen LogP contribution is 2.20. The van der Waals surface area contributed by atoms with E-state index < -0.39 is 40.1 Å². The van der Waals surface area contributed by atoms with Gasteiger partial charge in [0, 0.05) is 62.0 Å². The van der Waals surface area contributed by atoms with Gasteiger partial charge in [-0.3, -0.25) is 38.5 Å². The van der Waals surface area contributed by atoms with Crippen LogP contribution in [-0.4, -0.2) is 183 Å². The number of hydrogen-bond donors (Lipinski definition) is 4. The minimum Gasteiger partial charge on any atom is -0.492 e. The second-order valence-corrected chi connectivity index (χ2v) is 24.8. The predicted molar refractivity (Wildman–Crippen MR) is 286 cm³/mol. The van der Waals surface area contributed by atoms with Crippen LogP contribution in [0.4, 0.5) is 22.7 Å². The Morgan fingerprint density at radius 2 is 0.514 bits per heavy atom. The third kappa shape index (κ3) is 25.0. The number of hydrogen-bond acceptors (Lipinski definition) is 16. The monoisotopic (exact) mass is 1080 g/mol. The summed E-state index contributed by atoms with van der Waals surface area (Å²) in [7, 11) is -13.6. The first-order chi connectivity index (χ1) is 34.1. The van der Waals surface area contributed by atoms with Gasteiger partial charge in [-0.1, -0.05) is 0 Å². The number of nitrogens with one attached hydrogen (secondary N) is 4. The maximum atomic E-state index is 11.7. The fourth-order valence-corrected chi connectivity index (χ4v) is 10.1. The van der Waals surface area contributed by atoms with Crippen LogP contribution in [0.2, 0.25) is 0 Å². The molecule has 72 heavy (non-hydrogen) atoms. The summed E-state index contributed by atoms with van der Waals surface area (Å²) in [5.41, 5.74) is 1.84. The average molecular weight is 1080 g/mol. The van der Waals surface area contributed by atoms with E-state index >= 15 is 0 Å². The Morgan fingerprint density at radius 3 is 0.722 bits per heavy atom. The molecule has 1 saturated heterocycles. The van der Waals surface area contributed by atoms with Crippen molar-refractivity contribution >= 4 is 62.8 Å². The van der Waals surface area contributed by atoms with Gasteiger partial charge in [0.1, 0.15) is 49.4 Å². The highest BCUT2D eigenvalue weighted by molar-refractivity contribution is 7.92. The van der Waals surface area contributed by atoms with Crippen LogP contribution in [0.25, 0.3) is 0 Å². The fraction of sp³-hybridized carbons (Fsp3) is 0.500. The zero-order valence-corrected chi connectivity index (χ0v) is 45.0. The second-order valence-electron chi connectivity index (χ2n) is 17.8. The first-order valence-corrected chi connectivity index (χ1v) is 31.4. The van der Waals surface area contributed by atoms with Crippen LogP contribution in [-0.2, 0) is 40.1 Å². The Kier molecular flexibility index (Phi) is 22.8. The molecule has 4 aromatic rings. The molecule has 4 aromatic carbocycles. The molecule has 0 amide bonds. The summed E-state index contributed by atoms with van der Waals surface area (Å²) >= 11 is 0. The van der Waals surface area contributed by atoms with Crippen molar-refractivity contribution in [3.05, 3.63) is 97.1 Å². The molecule has 5 rings (SSSR count). The molecule has 0 atom stereocenters. The Balaban J connectivity index is 1.26. The van der Waals surface area contributed by atoms with Crippen LogP contribution in [0, 0.1) is 0 Å². The summed E-state index contributed by atoms with van der Waals surface area (Å²) in [6.45, 7) is 11.0. The molecule has 1 fully saturated rings. The van der Waals surface area contributed by atoms with E-state index in [1.54, 1.807) is 97.1 Å². The lowest BCUT2D eigenvalue weighted by molar-refractivity contribution is 0.141. The number of nitrogens with zero attached hydrogens (tertiary/aromatic N) is 4. The molecule has 0 aliphatic carbocycles. The molecule has 4 N–H and O–H groups in total. The van der Waals surface area contributed by atoms with Crippen molar-refractivity contribution in [1.82, 2.24) is 19.6 Å². The third-order valence-corrected chi connectivity index (χ3v) is 13.6. The smallest absolute Gasteiger partial charge is 0.229 e. The maximum Gasteiger partial charge on any atom is 0.229 e. The molecular formula is C48H72N8O12S4. The first kappa shape index (κ1) is 57.8. The van der Waals surface area contributed by atoms with Gasteiger partial charge >= 0.3 is 0 Å². The van der Waals surface area contributed by atoms with Gasteiger partial charge in [0.15, 0.2) is 0 Å². The van der Waals surface area contributed by atoms with E-state index in [0.717, 1.165) is 103 Å². The van der Waals surface area contributed by atoms with E-state index in [0.29, 0.717) is 98.4 Å². The van der Waals surface area contributed by atoms with Crippen LogP contribution < -0.4 is 37.8 Å². The van der Waals surface area contributed by atoms with Crippen molar-refractivity contribution in [3.63, 3.8) is 0 Å². The summed E-state index contributed by atoms with van der Waals surface area (Å²) in [5.74, 6) is 2.55. The molecule has 0 unspecified atom stereocenters. The molecule has 1 aliphatic heterocycles. The van der Waals surface area contributed by atoms with Gasteiger partial charge in [0.05, 0.1) is 25.0 Å². The fourth-order valence-electron chi connectivity index (χ4n) is 7.83. The quantitative estimate of drug-likeness (QED) is 0.0753. The van der Waals surface area contributed by atoms with E-state index in [9.17, 15) is 33.7 Å². The molecule has 0 radical (unpaired) electrons. The lowest BCUT2D eigenvalue weighted by Crippen LogP contribution is -2.41.